The first-order chi connectivity index (χ1) is 15.4. The standard InChI is InChI=1S/C23H20N4O4S/c1-26(2)19-11-6-15(12-20(19)27(29)30)22(28)24-16-7-4-14(5-8-16)23-25-18-10-9-17(31-3)13-21(18)32-23/h4-13H,1-3H3,(H,24,28). The third-order valence-electron chi connectivity index (χ3n) is 4.90. The number of hydrogen-bond donors (Lipinski definition) is 1. The van der Waals surface area contributed by atoms with Gasteiger partial charge in [0.15, 0.2) is 0 Å². The predicted octanol–water partition coefficient (Wildman–Crippen LogP) is 5.20. The summed E-state index contributed by atoms with van der Waals surface area (Å²) in [4.78, 5) is 29.8. The number of methoxy groups -OCH3 is 1. The molecule has 0 fully saturated rings. The third kappa shape index (κ3) is 4.23. The molecule has 32 heavy (non-hydrogen) atoms. The largest absolute Gasteiger partial charge is 0.497 e. The highest BCUT2D eigenvalue weighted by Gasteiger charge is 2.19. The highest BCUT2D eigenvalue weighted by molar-refractivity contribution is 7.21. The number of ether oxygens (including phenoxy) is 1. The Bertz CT molecular complexity index is 1320. The molecule has 4 rings (SSSR count). The van der Waals surface area contributed by atoms with E-state index >= 15 is 0 Å². The molecule has 0 aliphatic heterocycles. The first-order valence-electron chi connectivity index (χ1n) is 9.68. The van der Waals surface area contributed by atoms with Gasteiger partial charge in [-0.05, 0) is 54.6 Å². The van der Waals surface area contributed by atoms with Crippen molar-refractivity contribution in [2.45, 2.75) is 0 Å². The minimum atomic E-state index is -0.492. The van der Waals surface area contributed by atoms with Crippen molar-refractivity contribution in [3.63, 3.8) is 0 Å². The minimum Gasteiger partial charge on any atom is -0.497 e. The number of rotatable bonds is 6. The normalized spacial score (nSPS) is 10.7. The summed E-state index contributed by atoms with van der Waals surface area (Å²) in [7, 11) is 5.06. The average molecular weight is 449 g/mol. The third-order valence-corrected chi connectivity index (χ3v) is 5.97. The first-order valence-corrected chi connectivity index (χ1v) is 10.5. The molecule has 0 aliphatic rings. The SMILES string of the molecule is COc1ccc2nc(-c3ccc(NC(=O)c4ccc(N(C)C)c([N+](=O)[O-])c4)cc3)sc2c1. The van der Waals surface area contributed by atoms with E-state index in [9.17, 15) is 14.9 Å². The molecule has 0 saturated carbocycles. The van der Waals surface area contributed by atoms with Gasteiger partial charge in [-0.3, -0.25) is 14.9 Å². The topological polar surface area (TPSA) is 97.6 Å². The molecular formula is C23H20N4O4S. The number of thiazole rings is 1. The van der Waals surface area contributed by atoms with E-state index in [0.29, 0.717) is 11.4 Å². The molecule has 0 atom stereocenters. The van der Waals surface area contributed by atoms with E-state index in [1.54, 1.807) is 61.7 Å². The highest BCUT2D eigenvalue weighted by atomic mass is 32.1. The fraction of sp³-hybridized carbons (Fsp3) is 0.130. The van der Waals surface area contributed by atoms with E-state index in [2.05, 4.69) is 10.3 Å². The molecule has 1 N–H and O–H groups in total. The Morgan fingerprint density at radius 3 is 2.50 bits per heavy atom. The molecule has 3 aromatic carbocycles. The fourth-order valence-corrected chi connectivity index (χ4v) is 4.24. The van der Waals surface area contributed by atoms with Gasteiger partial charge in [-0.15, -0.1) is 11.3 Å². The second-order valence-corrected chi connectivity index (χ2v) is 8.27. The van der Waals surface area contributed by atoms with Crippen LogP contribution in [0.4, 0.5) is 17.1 Å². The average Bonchev–Trinajstić information content (AvgIpc) is 3.22. The van der Waals surface area contributed by atoms with Crippen LogP contribution in [0.1, 0.15) is 10.4 Å². The van der Waals surface area contributed by atoms with Crippen LogP contribution in [0.3, 0.4) is 0 Å². The van der Waals surface area contributed by atoms with Gasteiger partial charge in [-0.2, -0.15) is 0 Å². The van der Waals surface area contributed by atoms with E-state index in [-0.39, 0.29) is 11.3 Å². The van der Waals surface area contributed by atoms with Gasteiger partial charge in [0, 0.05) is 37.0 Å². The summed E-state index contributed by atoms with van der Waals surface area (Å²) in [6, 6.07) is 17.5. The number of fused-ring (bicyclic) bond motifs is 1. The highest BCUT2D eigenvalue weighted by Crippen LogP contribution is 2.33. The molecule has 1 heterocycles. The van der Waals surface area contributed by atoms with Crippen molar-refractivity contribution in [2.24, 2.45) is 0 Å². The van der Waals surface area contributed by atoms with Crippen LogP contribution in [0.5, 0.6) is 5.75 Å². The van der Waals surface area contributed by atoms with Gasteiger partial charge < -0.3 is 15.0 Å². The maximum Gasteiger partial charge on any atom is 0.293 e. The maximum absolute atomic E-state index is 12.6. The van der Waals surface area contributed by atoms with Gasteiger partial charge >= 0.3 is 0 Å². The predicted molar refractivity (Wildman–Crippen MR) is 127 cm³/mol. The van der Waals surface area contributed by atoms with Crippen LogP contribution in [-0.2, 0) is 0 Å². The van der Waals surface area contributed by atoms with Gasteiger partial charge in [0.1, 0.15) is 16.4 Å². The van der Waals surface area contributed by atoms with Gasteiger partial charge in [-0.25, -0.2) is 4.98 Å². The Kier molecular flexibility index (Phi) is 5.74. The summed E-state index contributed by atoms with van der Waals surface area (Å²) in [5.41, 5.74) is 2.93. The number of nitro groups is 1. The maximum atomic E-state index is 12.6. The molecular weight excluding hydrogens is 428 g/mol. The fourth-order valence-electron chi connectivity index (χ4n) is 3.24. The zero-order valence-electron chi connectivity index (χ0n) is 17.7. The number of nitrogens with one attached hydrogen (secondary N) is 1. The molecule has 9 heteroatoms. The van der Waals surface area contributed by atoms with Crippen LogP contribution in [0.2, 0.25) is 0 Å². The lowest BCUT2D eigenvalue weighted by molar-refractivity contribution is -0.384. The summed E-state index contributed by atoms with van der Waals surface area (Å²) in [6.45, 7) is 0. The van der Waals surface area contributed by atoms with Crippen molar-refractivity contribution in [1.29, 1.82) is 0 Å². The molecule has 0 saturated heterocycles. The summed E-state index contributed by atoms with van der Waals surface area (Å²) < 4.78 is 6.29. The Hall–Kier alpha value is -3.98. The van der Waals surface area contributed by atoms with E-state index in [1.165, 1.54) is 6.07 Å². The van der Waals surface area contributed by atoms with Crippen molar-refractivity contribution in [3.8, 4) is 16.3 Å². The molecule has 0 radical (unpaired) electrons. The Morgan fingerprint density at radius 2 is 1.84 bits per heavy atom. The molecule has 0 bridgehead atoms. The number of carbonyl (C=O) groups excluding carboxylic acids is 1. The van der Waals surface area contributed by atoms with Crippen LogP contribution in [0.15, 0.2) is 60.7 Å². The monoisotopic (exact) mass is 448 g/mol. The number of nitrogens with zero attached hydrogens (tertiary/aromatic N) is 3. The molecule has 4 aromatic rings. The van der Waals surface area contributed by atoms with E-state index in [4.69, 9.17) is 4.74 Å². The van der Waals surface area contributed by atoms with Gasteiger partial charge in [0.25, 0.3) is 11.6 Å². The Labute approximate surface area is 188 Å². The Balaban J connectivity index is 1.53. The lowest BCUT2D eigenvalue weighted by Crippen LogP contribution is -2.15. The summed E-state index contributed by atoms with van der Waals surface area (Å²) in [6.07, 6.45) is 0. The zero-order valence-corrected chi connectivity index (χ0v) is 18.5. The van der Waals surface area contributed by atoms with E-state index in [0.717, 1.165) is 26.5 Å². The number of carbonyl (C=O) groups is 1. The van der Waals surface area contributed by atoms with Crippen LogP contribution in [0, 0.1) is 10.1 Å². The molecule has 162 valence electrons. The van der Waals surface area contributed by atoms with Gasteiger partial charge in [0.2, 0.25) is 0 Å². The van der Waals surface area contributed by atoms with Gasteiger partial charge in [0.05, 0.1) is 22.2 Å². The molecule has 1 amide bonds. The first kappa shape index (κ1) is 21.3. The molecule has 1 aromatic heterocycles. The van der Waals surface area contributed by atoms with E-state index in [1.807, 2.05) is 30.3 Å². The minimum absolute atomic E-state index is 0.120. The van der Waals surface area contributed by atoms with Crippen LogP contribution in [-0.4, -0.2) is 37.0 Å². The number of amides is 1. The van der Waals surface area contributed by atoms with Gasteiger partial charge in [-0.1, -0.05) is 0 Å². The summed E-state index contributed by atoms with van der Waals surface area (Å²) in [5, 5.41) is 15.0. The van der Waals surface area contributed by atoms with Crippen LogP contribution in [0.25, 0.3) is 20.8 Å². The number of benzene rings is 3. The molecule has 0 unspecified atom stereocenters. The molecule has 0 aliphatic carbocycles. The summed E-state index contributed by atoms with van der Waals surface area (Å²) in [5.74, 6) is 0.364. The lowest BCUT2D eigenvalue weighted by Gasteiger charge is -2.13. The van der Waals surface area contributed by atoms with Crippen LogP contribution < -0.4 is 15.0 Å². The molecule has 8 nitrogen and oxygen atoms in total. The number of hydrogen-bond acceptors (Lipinski definition) is 7. The number of anilines is 2. The Morgan fingerprint density at radius 1 is 1.09 bits per heavy atom. The molecule has 0 spiro atoms. The van der Waals surface area contributed by atoms with E-state index < -0.39 is 10.8 Å². The zero-order chi connectivity index (χ0) is 22.8. The quantitative estimate of drug-likeness (QED) is 0.322. The van der Waals surface area contributed by atoms with Crippen molar-refractivity contribution in [1.82, 2.24) is 4.98 Å². The summed E-state index contributed by atoms with van der Waals surface area (Å²) >= 11 is 1.56. The number of nitro benzene ring substituents is 1. The van der Waals surface area contributed by atoms with Crippen molar-refractivity contribution < 1.29 is 14.5 Å². The van der Waals surface area contributed by atoms with Crippen molar-refractivity contribution in [2.75, 3.05) is 31.4 Å². The smallest absolute Gasteiger partial charge is 0.293 e. The van der Waals surface area contributed by atoms with Crippen LogP contribution >= 0.6 is 11.3 Å². The lowest BCUT2D eigenvalue weighted by atomic mass is 10.1. The van der Waals surface area contributed by atoms with Crippen molar-refractivity contribution in [3.05, 3.63) is 76.3 Å². The number of aromatic nitrogens is 1. The second-order valence-electron chi connectivity index (χ2n) is 7.24. The second kappa shape index (κ2) is 8.64. The van der Waals surface area contributed by atoms with Crippen molar-refractivity contribution >= 4 is 44.5 Å².